The molecule has 0 spiro atoms. The van der Waals surface area contributed by atoms with Crippen molar-refractivity contribution in [2.24, 2.45) is 0 Å². The van der Waals surface area contributed by atoms with E-state index in [-0.39, 0.29) is 12.0 Å². The zero-order valence-corrected chi connectivity index (χ0v) is 20.9. The van der Waals surface area contributed by atoms with Crippen LogP contribution in [0, 0.1) is 5.82 Å². The van der Waals surface area contributed by atoms with E-state index in [2.05, 4.69) is 53.9 Å². The number of piperidine rings is 1. The first-order valence-electron chi connectivity index (χ1n) is 13.1. The fraction of sp³-hybridized carbons (Fsp3) is 0.233. The zero-order chi connectivity index (χ0) is 25.5. The topological polar surface area (TPSA) is 81.8 Å². The maximum atomic E-state index is 13.9. The summed E-state index contributed by atoms with van der Waals surface area (Å²) in [6.45, 7) is 3.26. The molecule has 1 atom stereocenters. The Hall–Kier alpha value is -4.30. The first-order chi connectivity index (χ1) is 18.7. The molecule has 7 rings (SSSR count). The fourth-order valence-corrected chi connectivity index (χ4v) is 5.62. The van der Waals surface area contributed by atoms with Crippen LogP contribution in [0.15, 0.2) is 73.3 Å². The summed E-state index contributed by atoms with van der Waals surface area (Å²) in [7, 11) is 0. The molecule has 2 aliphatic heterocycles. The van der Waals surface area contributed by atoms with Gasteiger partial charge in [0, 0.05) is 41.6 Å². The summed E-state index contributed by atoms with van der Waals surface area (Å²) in [6, 6.07) is 15.1. The maximum absolute atomic E-state index is 13.9. The van der Waals surface area contributed by atoms with E-state index < -0.39 is 0 Å². The van der Waals surface area contributed by atoms with Crippen molar-refractivity contribution < 1.29 is 4.39 Å². The molecule has 8 heteroatoms. The van der Waals surface area contributed by atoms with Crippen LogP contribution in [0.1, 0.15) is 36.7 Å². The minimum atomic E-state index is -0.274. The highest BCUT2D eigenvalue weighted by molar-refractivity contribution is 5.92. The van der Waals surface area contributed by atoms with Gasteiger partial charge in [0.1, 0.15) is 12.0 Å². The Morgan fingerprint density at radius 1 is 0.842 bits per heavy atom. The van der Waals surface area contributed by atoms with E-state index in [1.807, 2.05) is 24.5 Å². The Balaban J connectivity index is 1.19. The first kappa shape index (κ1) is 22.9. The number of H-pyrrole nitrogens is 1. The Morgan fingerprint density at radius 3 is 2.63 bits per heavy atom. The second-order valence-corrected chi connectivity index (χ2v) is 10.1. The summed E-state index contributed by atoms with van der Waals surface area (Å²) in [5.74, 6) is -0.274. The van der Waals surface area contributed by atoms with Gasteiger partial charge in [-0.05, 0) is 73.0 Å². The third-order valence-corrected chi connectivity index (χ3v) is 7.53. The minimum absolute atomic E-state index is 0.231. The van der Waals surface area contributed by atoms with Crippen LogP contribution in [0.3, 0.4) is 0 Å². The summed E-state index contributed by atoms with van der Waals surface area (Å²) < 4.78 is 13.9. The van der Waals surface area contributed by atoms with Crippen LogP contribution in [0.4, 0.5) is 15.8 Å². The summed E-state index contributed by atoms with van der Waals surface area (Å²) in [5.41, 5.74) is 8.65. The highest BCUT2D eigenvalue weighted by Crippen LogP contribution is 2.42. The molecule has 0 aliphatic carbocycles. The number of aromatic amines is 1. The smallest absolute Gasteiger partial charge is 0.141 e. The first-order valence-corrected chi connectivity index (χ1v) is 13.1. The number of rotatable bonds is 5. The highest BCUT2D eigenvalue weighted by Gasteiger charge is 2.27. The molecule has 2 aromatic carbocycles. The Labute approximate surface area is 220 Å². The standard InChI is InChI=1S/C30H28FN7/c31-23-6-4-5-21(12-23)25-16-33-17-27-28(25)35-30(34-27)29-24-13-20(7-8-26(24)36-37-29)22-11-19(14-32-15-22)18-38-9-2-1-3-10-38/h4-8,11-17,30,34-35H,1-3,9-10,18H2,(H,36,37). The molecule has 0 bridgehead atoms. The van der Waals surface area contributed by atoms with Crippen LogP contribution in [0.2, 0.25) is 0 Å². The molecule has 0 radical (unpaired) electrons. The van der Waals surface area contributed by atoms with Crippen molar-refractivity contribution in [3.05, 3.63) is 90.4 Å². The van der Waals surface area contributed by atoms with Crippen LogP contribution in [0.5, 0.6) is 0 Å². The summed E-state index contributed by atoms with van der Waals surface area (Å²) in [4.78, 5) is 11.5. The quantitative estimate of drug-likeness (QED) is 0.258. The normalized spacial score (nSPS) is 17.2. The molecular weight excluding hydrogens is 477 g/mol. The van der Waals surface area contributed by atoms with Gasteiger partial charge in [0.2, 0.25) is 0 Å². The lowest BCUT2D eigenvalue weighted by Gasteiger charge is -2.26. The monoisotopic (exact) mass is 505 g/mol. The number of pyridine rings is 2. The molecule has 1 fully saturated rings. The molecule has 1 saturated heterocycles. The van der Waals surface area contributed by atoms with E-state index in [9.17, 15) is 4.39 Å². The van der Waals surface area contributed by atoms with Crippen molar-refractivity contribution in [2.75, 3.05) is 23.7 Å². The van der Waals surface area contributed by atoms with Gasteiger partial charge in [-0.1, -0.05) is 24.6 Å². The second-order valence-electron chi connectivity index (χ2n) is 10.1. The van der Waals surface area contributed by atoms with Gasteiger partial charge in [0.15, 0.2) is 0 Å². The number of benzene rings is 2. The number of anilines is 2. The molecule has 2 aliphatic rings. The van der Waals surface area contributed by atoms with Crippen molar-refractivity contribution in [1.82, 2.24) is 25.1 Å². The average Bonchev–Trinajstić information content (AvgIpc) is 3.57. The number of hydrogen-bond acceptors (Lipinski definition) is 6. The summed E-state index contributed by atoms with van der Waals surface area (Å²) >= 11 is 0. The van der Waals surface area contributed by atoms with Crippen molar-refractivity contribution in [1.29, 1.82) is 0 Å². The predicted octanol–water partition coefficient (Wildman–Crippen LogP) is 6.35. The zero-order valence-electron chi connectivity index (χ0n) is 20.9. The molecule has 0 amide bonds. The lowest BCUT2D eigenvalue weighted by Crippen LogP contribution is -2.29. The van der Waals surface area contributed by atoms with Gasteiger partial charge < -0.3 is 10.6 Å². The Kier molecular flexibility index (Phi) is 5.74. The van der Waals surface area contributed by atoms with E-state index in [0.29, 0.717) is 0 Å². The number of fused-ring (bicyclic) bond motifs is 2. The molecular formula is C30H28FN7. The molecule has 190 valence electrons. The molecule has 3 aromatic heterocycles. The number of nitrogens with one attached hydrogen (secondary N) is 3. The molecule has 3 N–H and O–H groups in total. The van der Waals surface area contributed by atoms with Gasteiger partial charge in [0.25, 0.3) is 0 Å². The maximum Gasteiger partial charge on any atom is 0.141 e. The van der Waals surface area contributed by atoms with Gasteiger partial charge in [-0.15, -0.1) is 0 Å². The number of halogens is 1. The number of aromatic nitrogens is 4. The second kappa shape index (κ2) is 9.54. The molecule has 0 saturated carbocycles. The number of hydrogen-bond donors (Lipinski definition) is 3. The largest absolute Gasteiger partial charge is 0.358 e. The lowest BCUT2D eigenvalue weighted by atomic mass is 10.0. The SMILES string of the molecule is Fc1cccc(-c2cncc3c2NC(c2[nH]nc4ccc(-c5cncc(CN6CCCCC6)c5)cc24)N3)c1. The van der Waals surface area contributed by atoms with E-state index >= 15 is 0 Å². The number of likely N-dealkylation sites (tertiary alicyclic amines) is 1. The molecule has 38 heavy (non-hydrogen) atoms. The Bertz CT molecular complexity index is 1620. The van der Waals surface area contributed by atoms with Crippen LogP contribution in [-0.4, -0.2) is 38.2 Å². The predicted molar refractivity (Wildman–Crippen MR) is 148 cm³/mol. The van der Waals surface area contributed by atoms with E-state index in [1.165, 1.54) is 37.0 Å². The third-order valence-electron chi connectivity index (χ3n) is 7.53. The van der Waals surface area contributed by atoms with Crippen LogP contribution < -0.4 is 10.6 Å². The summed E-state index contributed by atoms with van der Waals surface area (Å²) in [5, 5.41) is 15.9. The van der Waals surface area contributed by atoms with E-state index in [4.69, 9.17) is 0 Å². The van der Waals surface area contributed by atoms with E-state index in [0.717, 1.165) is 69.9 Å². The molecule has 5 heterocycles. The summed E-state index contributed by atoms with van der Waals surface area (Å²) in [6.07, 6.45) is 11.1. The van der Waals surface area contributed by atoms with Gasteiger partial charge in [0.05, 0.1) is 28.8 Å². The Morgan fingerprint density at radius 2 is 1.74 bits per heavy atom. The average molecular weight is 506 g/mol. The molecule has 5 aromatic rings. The van der Waals surface area contributed by atoms with Gasteiger partial charge in [-0.25, -0.2) is 4.39 Å². The van der Waals surface area contributed by atoms with Crippen LogP contribution >= 0.6 is 0 Å². The van der Waals surface area contributed by atoms with Crippen LogP contribution in [-0.2, 0) is 6.54 Å². The van der Waals surface area contributed by atoms with E-state index in [1.54, 1.807) is 18.5 Å². The highest BCUT2D eigenvalue weighted by atomic mass is 19.1. The van der Waals surface area contributed by atoms with Crippen LogP contribution in [0.25, 0.3) is 33.2 Å². The minimum Gasteiger partial charge on any atom is -0.358 e. The van der Waals surface area contributed by atoms with Gasteiger partial charge in [-0.3, -0.25) is 20.0 Å². The third kappa shape index (κ3) is 4.26. The number of nitrogens with zero attached hydrogens (tertiary/aromatic N) is 4. The molecule has 7 nitrogen and oxygen atoms in total. The van der Waals surface area contributed by atoms with Crippen molar-refractivity contribution in [2.45, 2.75) is 32.0 Å². The molecule has 1 unspecified atom stereocenters. The van der Waals surface area contributed by atoms with Gasteiger partial charge >= 0.3 is 0 Å². The van der Waals surface area contributed by atoms with Crippen molar-refractivity contribution >= 4 is 22.3 Å². The van der Waals surface area contributed by atoms with Crippen molar-refractivity contribution in [3.63, 3.8) is 0 Å². The van der Waals surface area contributed by atoms with Crippen molar-refractivity contribution in [3.8, 4) is 22.3 Å². The fourth-order valence-electron chi connectivity index (χ4n) is 5.62. The lowest BCUT2D eigenvalue weighted by molar-refractivity contribution is 0.220. The van der Waals surface area contributed by atoms with Gasteiger partial charge in [-0.2, -0.15) is 5.10 Å².